The van der Waals surface area contributed by atoms with Gasteiger partial charge in [0.05, 0.1) is 12.6 Å². The van der Waals surface area contributed by atoms with Crippen molar-refractivity contribution in [2.75, 3.05) is 6.61 Å². The lowest BCUT2D eigenvalue weighted by Gasteiger charge is -2.09. The molecule has 3 nitrogen and oxygen atoms in total. The number of carbonyl (C=O) groups is 1. The molecule has 0 fully saturated rings. The number of carbonyl (C=O) groups excluding carboxylic acids is 1. The summed E-state index contributed by atoms with van der Waals surface area (Å²) in [7, 11) is 0. The van der Waals surface area contributed by atoms with E-state index in [-0.39, 0.29) is 18.6 Å². The van der Waals surface area contributed by atoms with Crippen molar-refractivity contribution in [3.63, 3.8) is 0 Å². The van der Waals surface area contributed by atoms with Crippen molar-refractivity contribution in [1.82, 2.24) is 5.32 Å². The molecule has 0 rings (SSSR count). The van der Waals surface area contributed by atoms with Crippen LogP contribution in [0.3, 0.4) is 0 Å². The van der Waals surface area contributed by atoms with Gasteiger partial charge in [0.25, 0.3) is 0 Å². The molecule has 0 aliphatic heterocycles. The van der Waals surface area contributed by atoms with Crippen LogP contribution in [-0.4, -0.2) is 23.7 Å². The zero-order valence-corrected chi connectivity index (χ0v) is 15.5. The van der Waals surface area contributed by atoms with Crippen LogP contribution in [-0.2, 0) is 4.79 Å². The number of amides is 1. The SMILES string of the molecule is CCCCCCCCCCCCCC/C=C/C(CO)NC(C)=O. The molecule has 1 amide bonds. The van der Waals surface area contributed by atoms with Crippen LogP contribution < -0.4 is 5.32 Å². The van der Waals surface area contributed by atoms with Crippen LogP contribution in [0.2, 0.25) is 0 Å². The van der Waals surface area contributed by atoms with E-state index < -0.39 is 0 Å². The first-order chi connectivity index (χ1) is 11.2. The molecule has 23 heavy (non-hydrogen) atoms. The van der Waals surface area contributed by atoms with Crippen molar-refractivity contribution >= 4 is 5.91 Å². The minimum atomic E-state index is -0.232. The van der Waals surface area contributed by atoms with Crippen molar-refractivity contribution in [2.24, 2.45) is 0 Å². The molecule has 0 bridgehead atoms. The molecule has 0 aromatic heterocycles. The predicted molar refractivity (Wildman–Crippen MR) is 99.5 cm³/mol. The van der Waals surface area contributed by atoms with Gasteiger partial charge in [-0.05, 0) is 12.8 Å². The van der Waals surface area contributed by atoms with Crippen molar-refractivity contribution < 1.29 is 9.90 Å². The molecule has 136 valence electrons. The number of hydrogen-bond donors (Lipinski definition) is 2. The maximum absolute atomic E-state index is 10.9. The van der Waals surface area contributed by atoms with Crippen LogP contribution >= 0.6 is 0 Å². The van der Waals surface area contributed by atoms with Gasteiger partial charge in [0, 0.05) is 6.92 Å². The van der Waals surface area contributed by atoms with E-state index in [1.165, 1.54) is 84.0 Å². The molecular formula is C20H39NO2. The van der Waals surface area contributed by atoms with Crippen LogP contribution in [0.25, 0.3) is 0 Å². The molecule has 0 aliphatic rings. The molecule has 0 aromatic carbocycles. The molecule has 0 heterocycles. The molecule has 3 heteroatoms. The van der Waals surface area contributed by atoms with Crippen LogP contribution in [0.5, 0.6) is 0 Å². The second kappa shape index (κ2) is 17.5. The standard InChI is InChI=1S/C20H39NO2/c1-3-4-5-6-7-8-9-10-11-12-13-14-15-16-17-20(18-22)21-19(2)23/h16-17,20,22H,3-15,18H2,1-2H3,(H,21,23)/b17-16+. The Morgan fingerprint density at radius 3 is 1.83 bits per heavy atom. The normalized spacial score (nSPS) is 12.7. The molecule has 0 spiro atoms. The smallest absolute Gasteiger partial charge is 0.217 e. The van der Waals surface area contributed by atoms with Crippen LogP contribution in [0.1, 0.15) is 97.3 Å². The number of aliphatic hydroxyl groups is 1. The van der Waals surface area contributed by atoms with Gasteiger partial charge in [-0.2, -0.15) is 0 Å². The minimum Gasteiger partial charge on any atom is -0.394 e. The zero-order chi connectivity index (χ0) is 17.2. The highest BCUT2D eigenvalue weighted by atomic mass is 16.3. The van der Waals surface area contributed by atoms with Gasteiger partial charge >= 0.3 is 0 Å². The third-order valence-electron chi connectivity index (χ3n) is 4.18. The Hall–Kier alpha value is -0.830. The molecule has 0 aromatic rings. The molecule has 0 radical (unpaired) electrons. The first-order valence-corrected chi connectivity index (χ1v) is 9.75. The van der Waals surface area contributed by atoms with E-state index in [1.807, 2.05) is 6.08 Å². The summed E-state index contributed by atoms with van der Waals surface area (Å²) >= 11 is 0. The Bertz CT molecular complexity index is 289. The van der Waals surface area contributed by atoms with Crippen LogP contribution in [0.4, 0.5) is 0 Å². The lowest BCUT2D eigenvalue weighted by atomic mass is 10.0. The summed E-state index contributed by atoms with van der Waals surface area (Å²) in [5.41, 5.74) is 0. The number of nitrogens with one attached hydrogen (secondary N) is 1. The van der Waals surface area contributed by atoms with E-state index in [0.717, 1.165) is 6.42 Å². The topological polar surface area (TPSA) is 49.3 Å². The fourth-order valence-corrected chi connectivity index (χ4v) is 2.78. The predicted octanol–water partition coefficient (Wildman–Crippen LogP) is 5.13. The summed E-state index contributed by atoms with van der Waals surface area (Å²) < 4.78 is 0. The van der Waals surface area contributed by atoms with Gasteiger partial charge in [0.2, 0.25) is 5.91 Å². The maximum atomic E-state index is 10.9. The quantitative estimate of drug-likeness (QED) is 0.305. The first kappa shape index (κ1) is 22.2. The monoisotopic (exact) mass is 325 g/mol. The Labute approximate surface area is 143 Å². The Balaban J connectivity index is 3.28. The fraction of sp³-hybridized carbons (Fsp3) is 0.850. The number of aliphatic hydroxyl groups excluding tert-OH is 1. The van der Waals surface area contributed by atoms with Crippen molar-refractivity contribution in [1.29, 1.82) is 0 Å². The van der Waals surface area contributed by atoms with Gasteiger partial charge in [0.15, 0.2) is 0 Å². The average Bonchev–Trinajstić information content (AvgIpc) is 2.53. The van der Waals surface area contributed by atoms with E-state index >= 15 is 0 Å². The summed E-state index contributed by atoms with van der Waals surface area (Å²) in [5, 5.41) is 11.8. The molecule has 1 unspecified atom stereocenters. The third-order valence-corrected chi connectivity index (χ3v) is 4.18. The van der Waals surface area contributed by atoms with Crippen LogP contribution in [0.15, 0.2) is 12.2 Å². The number of allylic oxidation sites excluding steroid dienone is 1. The summed E-state index contributed by atoms with van der Waals surface area (Å²) in [6.45, 7) is 3.71. The third kappa shape index (κ3) is 17.4. The lowest BCUT2D eigenvalue weighted by Crippen LogP contribution is -2.34. The number of hydrogen-bond acceptors (Lipinski definition) is 2. The van der Waals surface area contributed by atoms with Gasteiger partial charge in [-0.25, -0.2) is 0 Å². The highest BCUT2D eigenvalue weighted by molar-refractivity contribution is 5.73. The van der Waals surface area contributed by atoms with E-state index in [0.29, 0.717) is 0 Å². The Kier molecular flexibility index (Phi) is 16.9. The Morgan fingerprint density at radius 1 is 0.913 bits per heavy atom. The van der Waals surface area contributed by atoms with Gasteiger partial charge in [0.1, 0.15) is 0 Å². The van der Waals surface area contributed by atoms with E-state index in [4.69, 9.17) is 5.11 Å². The highest BCUT2D eigenvalue weighted by Gasteiger charge is 2.02. The second-order valence-electron chi connectivity index (χ2n) is 6.60. The number of rotatable bonds is 16. The summed E-state index contributed by atoms with van der Waals surface area (Å²) in [5.74, 6) is -0.0981. The van der Waals surface area contributed by atoms with E-state index in [2.05, 4.69) is 18.3 Å². The second-order valence-corrected chi connectivity index (χ2v) is 6.60. The lowest BCUT2D eigenvalue weighted by molar-refractivity contribution is -0.119. The minimum absolute atomic E-state index is 0.0332. The van der Waals surface area contributed by atoms with Gasteiger partial charge in [-0.15, -0.1) is 0 Å². The van der Waals surface area contributed by atoms with Crippen LogP contribution in [0, 0.1) is 0 Å². The molecular weight excluding hydrogens is 286 g/mol. The largest absolute Gasteiger partial charge is 0.394 e. The molecule has 0 aliphatic carbocycles. The van der Waals surface area contributed by atoms with Gasteiger partial charge in [-0.3, -0.25) is 4.79 Å². The van der Waals surface area contributed by atoms with E-state index in [9.17, 15) is 4.79 Å². The molecule has 2 N–H and O–H groups in total. The van der Waals surface area contributed by atoms with E-state index in [1.54, 1.807) is 0 Å². The van der Waals surface area contributed by atoms with Crippen molar-refractivity contribution in [3.05, 3.63) is 12.2 Å². The summed E-state index contributed by atoms with van der Waals surface area (Å²) in [6.07, 6.45) is 21.4. The molecule has 0 saturated heterocycles. The zero-order valence-electron chi connectivity index (χ0n) is 15.5. The van der Waals surface area contributed by atoms with Crippen molar-refractivity contribution in [2.45, 2.75) is 103 Å². The number of unbranched alkanes of at least 4 members (excludes halogenated alkanes) is 12. The fourth-order valence-electron chi connectivity index (χ4n) is 2.78. The van der Waals surface area contributed by atoms with Gasteiger partial charge in [-0.1, -0.05) is 89.7 Å². The maximum Gasteiger partial charge on any atom is 0.217 e. The Morgan fingerprint density at radius 2 is 1.39 bits per heavy atom. The molecule has 1 atom stereocenters. The molecule has 0 saturated carbocycles. The summed E-state index contributed by atoms with van der Waals surface area (Å²) in [4.78, 5) is 10.9. The van der Waals surface area contributed by atoms with Crippen molar-refractivity contribution in [3.8, 4) is 0 Å². The summed E-state index contributed by atoms with van der Waals surface area (Å²) in [6, 6.07) is -0.232. The van der Waals surface area contributed by atoms with Gasteiger partial charge < -0.3 is 10.4 Å². The average molecular weight is 326 g/mol. The first-order valence-electron chi connectivity index (χ1n) is 9.75. The highest BCUT2D eigenvalue weighted by Crippen LogP contribution is 2.12.